The van der Waals surface area contributed by atoms with Gasteiger partial charge in [0, 0.05) is 32.2 Å². The van der Waals surface area contributed by atoms with Crippen LogP contribution in [0.5, 0.6) is 0 Å². The molecule has 0 aromatic rings. The van der Waals surface area contributed by atoms with Gasteiger partial charge in [-0.15, -0.1) is 0 Å². The molecule has 21 heavy (non-hydrogen) atoms. The molecule has 2 atom stereocenters. The highest BCUT2D eigenvalue weighted by Gasteiger charge is 2.29. The zero-order valence-electron chi connectivity index (χ0n) is 15.0. The molecule has 2 rings (SSSR count). The SMILES string of the molecule is CCCC1CC(NCC(C)(C)C)CN(CC2CCCC2)C1. The fraction of sp³-hybridized carbons (Fsp3) is 1.00. The van der Waals surface area contributed by atoms with E-state index in [1.54, 1.807) is 0 Å². The molecule has 124 valence electrons. The second-order valence-electron chi connectivity index (χ2n) is 8.90. The molecule has 0 aromatic heterocycles. The molecule has 2 unspecified atom stereocenters. The average Bonchev–Trinajstić information content (AvgIpc) is 2.89. The summed E-state index contributed by atoms with van der Waals surface area (Å²) >= 11 is 0. The van der Waals surface area contributed by atoms with Crippen molar-refractivity contribution in [2.45, 2.75) is 78.7 Å². The van der Waals surface area contributed by atoms with Crippen molar-refractivity contribution in [1.29, 1.82) is 0 Å². The van der Waals surface area contributed by atoms with Crippen LogP contribution in [0.3, 0.4) is 0 Å². The highest BCUT2D eigenvalue weighted by atomic mass is 15.2. The molecule has 0 aromatic carbocycles. The lowest BCUT2D eigenvalue weighted by Crippen LogP contribution is -2.51. The number of nitrogens with one attached hydrogen (secondary N) is 1. The molecule has 0 bridgehead atoms. The van der Waals surface area contributed by atoms with E-state index in [-0.39, 0.29) is 0 Å². The molecule has 2 aliphatic rings. The Kier molecular flexibility index (Phi) is 6.55. The number of rotatable bonds is 6. The molecule has 2 nitrogen and oxygen atoms in total. The van der Waals surface area contributed by atoms with Crippen LogP contribution in [0.1, 0.15) is 72.6 Å². The van der Waals surface area contributed by atoms with Crippen LogP contribution in [-0.4, -0.2) is 37.1 Å². The Bertz CT molecular complexity index is 288. The number of hydrogen-bond acceptors (Lipinski definition) is 2. The molecule has 1 heterocycles. The predicted octanol–water partition coefficient (Wildman–Crippen LogP) is 4.30. The monoisotopic (exact) mass is 294 g/mol. The van der Waals surface area contributed by atoms with Gasteiger partial charge in [-0.2, -0.15) is 0 Å². The smallest absolute Gasteiger partial charge is 0.0198 e. The van der Waals surface area contributed by atoms with Crippen molar-refractivity contribution < 1.29 is 0 Å². The fourth-order valence-electron chi connectivity index (χ4n) is 4.23. The maximum atomic E-state index is 3.86. The van der Waals surface area contributed by atoms with Gasteiger partial charge in [0.15, 0.2) is 0 Å². The largest absolute Gasteiger partial charge is 0.312 e. The minimum atomic E-state index is 0.397. The van der Waals surface area contributed by atoms with Crippen molar-refractivity contribution in [3.63, 3.8) is 0 Å². The lowest BCUT2D eigenvalue weighted by molar-refractivity contribution is 0.114. The van der Waals surface area contributed by atoms with E-state index in [0.29, 0.717) is 5.41 Å². The van der Waals surface area contributed by atoms with E-state index in [9.17, 15) is 0 Å². The minimum Gasteiger partial charge on any atom is -0.312 e. The third kappa shape index (κ3) is 6.28. The highest BCUT2D eigenvalue weighted by molar-refractivity contribution is 4.86. The lowest BCUT2D eigenvalue weighted by atomic mass is 9.88. The van der Waals surface area contributed by atoms with E-state index in [4.69, 9.17) is 0 Å². The summed E-state index contributed by atoms with van der Waals surface area (Å²) in [5.74, 6) is 1.91. The molecule has 1 saturated carbocycles. The molecule has 1 saturated heterocycles. The standard InChI is InChI=1S/C19H38N2/c1-5-8-17-11-18(20-15-19(2,3)4)14-21(13-17)12-16-9-6-7-10-16/h16-18,20H,5-15H2,1-4H3. The van der Waals surface area contributed by atoms with Gasteiger partial charge < -0.3 is 10.2 Å². The van der Waals surface area contributed by atoms with E-state index in [1.165, 1.54) is 64.6 Å². The minimum absolute atomic E-state index is 0.397. The number of likely N-dealkylation sites (tertiary alicyclic amines) is 1. The number of piperidine rings is 1. The molecule has 2 fully saturated rings. The summed E-state index contributed by atoms with van der Waals surface area (Å²) < 4.78 is 0. The summed E-state index contributed by atoms with van der Waals surface area (Å²) in [5, 5.41) is 3.86. The Morgan fingerprint density at radius 1 is 1.05 bits per heavy atom. The van der Waals surface area contributed by atoms with E-state index in [0.717, 1.165) is 24.4 Å². The van der Waals surface area contributed by atoms with Gasteiger partial charge in [-0.1, -0.05) is 47.0 Å². The summed E-state index contributed by atoms with van der Waals surface area (Å²) in [6.07, 6.45) is 10.1. The van der Waals surface area contributed by atoms with Crippen LogP contribution in [0.25, 0.3) is 0 Å². The van der Waals surface area contributed by atoms with Crippen LogP contribution < -0.4 is 5.32 Å². The van der Waals surface area contributed by atoms with E-state index < -0.39 is 0 Å². The van der Waals surface area contributed by atoms with Crippen molar-refractivity contribution in [3.8, 4) is 0 Å². The molecule has 1 aliphatic heterocycles. The summed E-state index contributed by atoms with van der Waals surface area (Å²) in [6.45, 7) is 14.5. The van der Waals surface area contributed by atoms with Crippen LogP contribution in [-0.2, 0) is 0 Å². The highest BCUT2D eigenvalue weighted by Crippen LogP contribution is 2.28. The molecule has 1 aliphatic carbocycles. The summed E-state index contributed by atoms with van der Waals surface area (Å²) in [7, 11) is 0. The molecular weight excluding hydrogens is 256 g/mol. The lowest BCUT2D eigenvalue weighted by Gasteiger charge is -2.40. The Morgan fingerprint density at radius 3 is 2.38 bits per heavy atom. The Morgan fingerprint density at radius 2 is 1.76 bits per heavy atom. The topological polar surface area (TPSA) is 15.3 Å². The fourth-order valence-corrected chi connectivity index (χ4v) is 4.23. The van der Waals surface area contributed by atoms with Gasteiger partial charge in [0.2, 0.25) is 0 Å². The first-order valence-electron chi connectivity index (χ1n) is 9.42. The maximum Gasteiger partial charge on any atom is 0.0198 e. The molecule has 0 radical (unpaired) electrons. The molecule has 0 amide bonds. The predicted molar refractivity (Wildman–Crippen MR) is 92.7 cm³/mol. The zero-order valence-corrected chi connectivity index (χ0v) is 15.0. The van der Waals surface area contributed by atoms with Gasteiger partial charge in [0.05, 0.1) is 0 Å². The van der Waals surface area contributed by atoms with Gasteiger partial charge in [-0.3, -0.25) is 0 Å². The van der Waals surface area contributed by atoms with E-state index in [2.05, 4.69) is 37.9 Å². The van der Waals surface area contributed by atoms with Crippen molar-refractivity contribution in [1.82, 2.24) is 10.2 Å². The van der Waals surface area contributed by atoms with Crippen LogP contribution in [0.15, 0.2) is 0 Å². The first-order valence-corrected chi connectivity index (χ1v) is 9.42. The van der Waals surface area contributed by atoms with Crippen LogP contribution in [0, 0.1) is 17.3 Å². The van der Waals surface area contributed by atoms with Crippen molar-refractivity contribution >= 4 is 0 Å². The van der Waals surface area contributed by atoms with Gasteiger partial charge >= 0.3 is 0 Å². The second kappa shape index (κ2) is 7.97. The quantitative estimate of drug-likeness (QED) is 0.785. The first-order chi connectivity index (χ1) is 9.96. The summed E-state index contributed by atoms with van der Waals surface area (Å²) in [5.41, 5.74) is 0.397. The number of nitrogens with zero attached hydrogens (tertiary/aromatic N) is 1. The zero-order chi connectivity index (χ0) is 15.3. The molecule has 0 spiro atoms. The van der Waals surface area contributed by atoms with Crippen LogP contribution in [0.4, 0.5) is 0 Å². The van der Waals surface area contributed by atoms with Crippen LogP contribution in [0.2, 0.25) is 0 Å². The summed E-state index contributed by atoms with van der Waals surface area (Å²) in [6, 6.07) is 0.718. The van der Waals surface area contributed by atoms with Crippen LogP contribution >= 0.6 is 0 Å². The first kappa shape index (κ1) is 17.3. The Balaban J connectivity index is 1.84. The normalized spacial score (nSPS) is 29.1. The van der Waals surface area contributed by atoms with E-state index in [1.807, 2.05) is 0 Å². The Hall–Kier alpha value is -0.0800. The maximum absolute atomic E-state index is 3.86. The van der Waals surface area contributed by atoms with Crippen molar-refractivity contribution in [2.75, 3.05) is 26.2 Å². The number of hydrogen-bond donors (Lipinski definition) is 1. The Labute approximate surface area is 133 Å². The third-order valence-corrected chi connectivity index (χ3v) is 5.22. The average molecular weight is 295 g/mol. The second-order valence-corrected chi connectivity index (χ2v) is 8.90. The van der Waals surface area contributed by atoms with Gasteiger partial charge in [0.1, 0.15) is 0 Å². The third-order valence-electron chi connectivity index (χ3n) is 5.22. The van der Waals surface area contributed by atoms with Gasteiger partial charge in [-0.25, -0.2) is 0 Å². The summed E-state index contributed by atoms with van der Waals surface area (Å²) in [4.78, 5) is 2.79. The molecule has 1 N–H and O–H groups in total. The molecule has 2 heteroatoms. The van der Waals surface area contributed by atoms with Crippen molar-refractivity contribution in [3.05, 3.63) is 0 Å². The van der Waals surface area contributed by atoms with Gasteiger partial charge in [0.25, 0.3) is 0 Å². The van der Waals surface area contributed by atoms with Gasteiger partial charge in [-0.05, 0) is 42.9 Å². The molecular formula is C19H38N2. The van der Waals surface area contributed by atoms with E-state index >= 15 is 0 Å². The van der Waals surface area contributed by atoms with Crippen molar-refractivity contribution in [2.24, 2.45) is 17.3 Å².